The molecule has 3 heterocycles. The highest BCUT2D eigenvalue weighted by Gasteiger charge is 2.58. The van der Waals surface area contributed by atoms with Gasteiger partial charge >= 0.3 is 16.8 Å². The number of hydrogen-bond acceptors (Lipinski definition) is 9. The van der Waals surface area contributed by atoms with E-state index in [1.54, 1.807) is 6.92 Å². The molecule has 0 saturated carbocycles. The van der Waals surface area contributed by atoms with E-state index >= 15 is 0 Å². The standard InChI is InChI=1S/C19H16N2O7S2/c1-3-28-17(24)8-4-6-9(7-5-8)21-15(22)10-11(18(25)27-2)12-14(20-19(26)30-12)29-13(10)16(21)23/h4-7,10-11,13H,3H2,1-2H3,(H,20,26)/t10-,11-,13+/m0/s1. The summed E-state index contributed by atoms with van der Waals surface area (Å²) in [5, 5.41) is -0.466. The summed E-state index contributed by atoms with van der Waals surface area (Å²) < 4.78 is 9.80. The summed E-state index contributed by atoms with van der Waals surface area (Å²) in [5.41, 5.74) is 0.576. The minimum absolute atomic E-state index is 0.228. The lowest BCUT2D eigenvalue weighted by Gasteiger charge is -2.27. The van der Waals surface area contributed by atoms with Crippen LogP contribution >= 0.6 is 23.1 Å². The highest BCUT2D eigenvalue weighted by atomic mass is 32.2. The summed E-state index contributed by atoms with van der Waals surface area (Å²) in [6.07, 6.45) is 0. The molecule has 0 aliphatic carbocycles. The van der Waals surface area contributed by atoms with Crippen molar-refractivity contribution in [2.75, 3.05) is 18.6 Å². The van der Waals surface area contributed by atoms with Crippen LogP contribution < -0.4 is 9.77 Å². The molecule has 0 unspecified atom stereocenters. The third-order valence-electron chi connectivity index (χ3n) is 4.92. The fraction of sp³-hybridized carbons (Fsp3) is 0.316. The maximum Gasteiger partial charge on any atom is 0.338 e. The smallest absolute Gasteiger partial charge is 0.338 e. The Bertz CT molecular complexity index is 1100. The van der Waals surface area contributed by atoms with E-state index in [9.17, 15) is 24.0 Å². The molecule has 9 nitrogen and oxygen atoms in total. The van der Waals surface area contributed by atoms with Gasteiger partial charge in [-0.25, -0.2) is 9.69 Å². The third kappa shape index (κ3) is 3.14. The number of nitrogens with one attached hydrogen (secondary N) is 1. The number of thiazole rings is 1. The first-order chi connectivity index (χ1) is 14.4. The third-order valence-corrected chi connectivity index (χ3v) is 7.32. The summed E-state index contributed by atoms with van der Waals surface area (Å²) in [5.74, 6) is -4.26. The number of hydrogen-bond donors (Lipinski definition) is 1. The molecular formula is C19H16N2O7S2. The second-order valence-corrected chi connectivity index (χ2v) is 8.72. The van der Waals surface area contributed by atoms with Crippen molar-refractivity contribution in [3.05, 3.63) is 44.4 Å². The highest BCUT2D eigenvalue weighted by molar-refractivity contribution is 8.00. The van der Waals surface area contributed by atoms with E-state index in [4.69, 9.17) is 9.47 Å². The van der Waals surface area contributed by atoms with Gasteiger partial charge in [-0.2, -0.15) is 0 Å². The van der Waals surface area contributed by atoms with Crippen LogP contribution in [0, 0.1) is 5.92 Å². The SMILES string of the molecule is CCOC(=O)c1ccc(N2C(=O)[C@H]3[C@H](C(=O)OC)c4sc(=O)[nH]c4S[C@H]3C2=O)cc1. The summed E-state index contributed by atoms with van der Waals surface area (Å²) in [7, 11) is 1.20. The molecule has 30 heavy (non-hydrogen) atoms. The molecule has 1 N–H and O–H groups in total. The van der Waals surface area contributed by atoms with Gasteiger partial charge in [0.2, 0.25) is 11.8 Å². The van der Waals surface area contributed by atoms with Crippen LogP contribution in [0.4, 0.5) is 5.69 Å². The number of nitrogens with zero attached hydrogens (tertiary/aromatic N) is 1. The molecule has 1 fully saturated rings. The van der Waals surface area contributed by atoms with Gasteiger partial charge in [-0.1, -0.05) is 23.1 Å². The molecule has 156 valence electrons. The number of H-pyrrole nitrogens is 1. The Morgan fingerprint density at radius 2 is 1.83 bits per heavy atom. The Kier molecular flexibility index (Phi) is 5.24. The van der Waals surface area contributed by atoms with E-state index in [1.807, 2.05) is 0 Å². The first-order valence-corrected chi connectivity index (χ1v) is 10.7. The molecule has 2 aliphatic heterocycles. The van der Waals surface area contributed by atoms with Gasteiger partial charge in [0.1, 0.15) is 11.2 Å². The second kappa shape index (κ2) is 7.73. The quantitative estimate of drug-likeness (QED) is 0.552. The molecule has 0 spiro atoms. The number of carbonyl (C=O) groups is 4. The maximum atomic E-state index is 13.2. The predicted octanol–water partition coefficient (Wildman–Crippen LogP) is 1.53. The van der Waals surface area contributed by atoms with Crippen LogP contribution in [0.2, 0.25) is 0 Å². The molecule has 0 radical (unpaired) electrons. The molecule has 11 heteroatoms. The first-order valence-electron chi connectivity index (χ1n) is 8.99. The van der Waals surface area contributed by atoms with Crippen molar-refractivity contribution in [1.82, 2.24) is 4.98 Å². The fourth-order valence-corrected chi connectivity index (χ4v) is 6.09. The largest absolute Gasteiger partial charge is 0.469 e. The zero-order valence-electron chi connectivity index (χ0n) is 15.9. The monoisotopic (exact) mass is 448 g/mol. The lowest BCUT2D eigenvalue weighted by Crippen LogP contribution is -2.35. The lowest BCUT2D eigenvalue weighted by molar-refractivity contribution is -0.145. The number of aromatic amines is 1. The molecule has 1 aromatic heterocycles. The van der Waals surface area contributed by atoms with Gasteiger partial charge in [-0.15, -0.1) is 0 Å². The zero-order valence-corrected chi connectivity index (χ0v) is 17.5. The first kappa shape index (κ1) is 20.4. The molecule has 3 atom stereocenters. The summed E-state index contributed by atoms with van der Waals surface area (Å²) in [4.78, 5) is 66.1. The van der Waals surface area contributed by atoms with Gasteiger partial charge in [0.25, 0.3) is 0 Å². The lowest BCUT2D eigenvalue weighted by atomic mass is 9.89. The number of thioether (sulfide) groups is 1. The van der Waals surface area contributed by atoms with Crippen LogP contribution in [0.3, 0.4) is 0 Å². The van der Waals surface area contributed by atoms with Crippen molar-refractivity contribution >= 4 is 52.5 Å². The minimum Gasteiger partial charge on any atom is -0.469 e. The van der Waals surface area contributed by atoms with Crippen molar-refractivity contribution in [3.8, 4) is 0 Å². The van der Waals surface area contributed by atoms with Gasteiger partial charge in [-0.05, 0) is 31.2 Å². The van der Waals surface area contributed by atoms with Gasteiger partial charge < -0.3 is 14.5 Å². The number of amides is 2. The topological polar surface area (TPSA) is 123 Å². The maximum absolute atomic E-state index is 13.2. The molecule has 2 aromatic rings. The van der Waals surface area contributed by atoms with Crippen molar-refractivity contribution in [2.45, 2.75) is 23.1 Å². The number of imide groups is 1. The zero-order chi connectivity index (χ0) is 21.6. The molecular weight excluding hydrogens is 432 g/mol. The average Bonchev–Trinajstić information content (AvgIpc) is 3.22. The Hall–Kier alpha value is -2.92. The Morgan fingerprint density at radius 3 is 2.47 bits per heavy atom. The molecule has 2 amide bonds. The second-order valence-electron chi connectivity index (χ2n) is 6.55. The number of esters is 2. The number of carbonyl (C=O) groups excluding carboxylic acids is 4. The number of anilines is 1. The van der Waals surface area contributed by atoms with Crippen molar-refractivity contribution in [2.24, 2.45) is 5.92 Å². The number of rotatable bonds is 4. The number of benzene rings is 1. The van der Waals surface area contributed by atoms with Crippen LogP contribution in [0.25, 0.3) is 0 Å². The van der Waals surface area contributed by atoms with E-state index in [2.05, 4.69) is 4.98 Å². The number of ether oxygens (including phenoxy) is 2. The van der Waals surface area contributed by atoms with E-state index in [0.29, 0.717) is 15.5 Å². The van der Waals surface area contributed by atoms with E-state index in [1.165, 1.54) is 31.4 Å². The van der Waals surface area contributed by atoms with Crippen LogP contribution in [0.1, 0.15) is 28.1 Å². The molecule has 2 aliphatic rings. The van der Waals surface area contributed by atoms with Gasteiger partial charge in [0.05, 0.1) is 40.8 Å². The van der Waals surface area contributed by atoms with Crippen LogP contribution in [0.15, 0.2) is 34.1 Å². The van der Waals surface area contributed by atoms with Crippen LogP contribution in [-0.4, -0.2) is 47.7 Å². The highest BCUT2D eigenvalue weighted by Crippen LogP contribution is 2.51. The molecule has 4 rings (SSSR count). The summed E-state index contributed by atoms with van der Waals surface area (Å²) in [6, 6.07) is 5.90. The van der Waals surface area contributed by atoms with Gasteiger partial charge in [0.15, 0.2) is 0 Å². The number of aromatic nitrogens is 1. The van der Waals surface area contributed by atoms with E-state index in [0.717, 1.165) is 28.0 Å². The van der Waals surface area contributed by atoms with E-state index in [-0.39, 0.29) is 17.2 Å². The predicted molar refractivity (Wildman–Crippen MR) is 108 cm³/mol. The summed E-state index contributed by atoms with van der Waals surface area (Å²) in [6.45, 7) is 1.92. The Labute approximate surface area is 178 Å². The van der Waals surface area contributed by atoms with E-state index < -0.39 is 40.8 Å². The fourth-order valence-electron chi connectivity index (χ4n) is 3.61. The minimum atomic E-state index is -1.04. The normalized spacial score (nSPS) is 22.5. The Morgan fingerprint density at radius 1 is 1.13 bits per heavy atom. The van der Waals surface area contributed by atoms with Crippen molar-refractivity contribution < 1.29 is 28.7 Å². The van der Waals surface area contributed by atoms with Gasteiger partial charge in [0, 0.05) is 0 Å². The molecule has 0 bridgehead atoms. The average molecular weight is 448 g/mol. The Balaban J connectivity index is 1.70. The molecule has 1 aromatic carbocycles. The van der Waals surface area contributed by atoms with Crippen molar-refractivity contribution in [1.29, 1.82) is 0 Å². The molecule has 1 saturated heterocycles. The van der Waals surface area contributed by atoms with Gasteiger partial charge in [-0.3, -0.25) is 19.2 Å². The van der Waals surface area contributed by atoms with Crippen molar-refractivity contribution in [3.63, 3.8) is 0 Å². The summed E-state index contributed by atoms with van der Waals surface area (Å²) >= 11 is 1.90. The van der Waals surface area contributed by atoms with Crippen LogP contribution in [-0.2, 0) is 23.9 Å². The van der Waals surface area contributed by atoms with Crippen LogP contribution in [0.5, 0.6) is 0 Å². The number of methoxy groups -OCH3 is 1. The number of fused-ring (bicyclic) bond motifs is 2.